The van der Waals surface area contributed by atoms with E-state index in [0.717, 1.165) is 38.8 Å². The molecule has 0 spiro atoms. The normalized spacial score (nSPS) is 13.9. The summed E-state index contributed by atoms with van der Waals surface area (Å²) in [6, 6.07) is 0. The fourth-order valence-corrected chi connectivity index (χ4v) is 4.21. The zero-order chi connectivity index (χ0) is 31.4. The third-order valence-corrected chi connectivity index (χ3v) is 6.70. The second kappa shape index (κ2) is 34.9. The van der Waals surface area contributed by atoms with Gasteiger partial charge in [0.2, 0.25) is 0 Å². The molecule has 1 saturated heterocycles. The SMILES string of the molecule is CCCCCCCCC(=O)OCCOCCOCCOCCOCCOCCOCCOCCOCCOC1CCNCC1. The number of carbonyl (C=O) groups is 1. The second-order valence-corrected chi connectivity index (χ2v) is 10.5. The number of ether oxygens (including phenoxy) is 10. The lowest BCUT2D eigenvalue weighted by Crippen LogP contribution is -2.33. The summed E-state index contributed by atoms with van der Waals surface area (Å²) in [7, 11) is 0. The van der Waals surface area contributed by atoms with Crippen molar-refractivity contribution in [3.05, 3.63) is 0 Å². The molecule has 1 aliphatic heterocycles. The van der Waals surface area contributed by atoms with E-state index in [1.165, 1.54) is 25.7 Å². The molecule has 1 heterocycles. The molecule has 1 aliphatic rings. The Kier molecular flexibility index (Phi) is 32.6. The van der Waals surface area contributed by atoms with E-state index in [2.05, 4.69) is 12.2 Å². The Bertz CT molecular complexity index is 582. The van der Waals surface area contributed by atoms with Gasteiger partial charge >= 0.3 is 5.97 Å². The van der Waals surface area contributed by atoms with Crippen LogP contribution in [-0.2, 0) is 52.2 Å². The number of esters is 1. The van der Waals surface area contributed by atoms with Crippen LogP contribution in [0.3, 0.4) is 0 Å². The van der Waals surface area contributed by atoms with Crippen molar-refractivity contribution in [3.63, 3.8) is 0 Å². The Morgan fingerprint density at radius 1 is 0.500 bits per heavy atom. The van der Waals surface area contributed by atoms with Crippen LogP contribution in [0.5, 0.6) is 0 Å². The number of unbranched alkanes of at least 4 members (excludes halogenated alkanes) is 5. The highest BCUT2D eigenvalue weighted by Crippen LogP contribution is 2.08. The molecule has 0 amide bonds. The van der Waals surface area contributed by atoms with Crippen LogP contribution >= 0.6 is 0 Å². The van der Waals surface area contributed by atoms with E-state index in [9.17, 15) is 4.79 Å². The fraction of sp³-hybridized carbons (Fsp3) is 0.969. The van der Waals surface area contributed by atoms with Gasteiger partial charge in [-0.25, -0.2) is 0 Å². The molecule has 0 aliphatic carbocycles. The van der Waals surface area contributed by atoms with E-state index in [-0.39, 0.29) is 5.97 Å². The maximum atomic E-state index is 11.7. The third kappa shape index (κ3) is 31.1. The van der Waals surface area contributed by atoms with Crippen LogP contribution in [0.1, 0.15) is 64.7 Å². The number of piperidine rings is 1. The number of carbonyl (C=O) groups excluding carboxylic acids is 1. The summed E-state index contributed by atoms with van der Waals surface area (Å²) in [6.45, 7) is 13.4. The first-order valence-electron chi connectivity index (χ1n) is 16.9. The largest absolute Gasteiger partial charge is 0.463 e. The first-order chi connectivity index (χ1) is 21.8. The summed E-state index contributed by atoms with van der Waals surface area (Å²) >= 11 is 0. The van der Waals surface area contributed by atoms with Gasteiger partial charge in [-0.1, -0.05) is 39.0 Å². The summed E-state index contributed by atoms with van der Waals surface area (Å²) in [6.07, 6.45) is 9.98. The van der Waals surface area contributed by atoms with Crippen molar-refractivity contribution in [1.29, 1.82) is 0 Å². The van der Waals surface area contributed by atoms with Gasteiger partial charge in [-0.05, 0) is 32.4 Å². The van der Waals surface area contributed by atoms with Gasteiger partial charge in [0.05, 0.1) is 118 Å². The quantitative estimate of drug-likeness (QED) is 0.0812. The molecule has 12 nitrogen and oxygen atoms in total. The number of hydrogen-bond acceptors (Lipinski definition) is 12. The third-order valence-electron chi connectivity index (χ3n) is 6.70. The molecule has 1 fully saturated rings. The zero-order valence-electron chi connectivity index (χ0n) is 27.6. The molecule has 0 aromatic heterocycles. The van der Waals surface area contributed by atoms with Crippen LogP contribution in [-0.4, -0.2) is 144 Å². The predicted octanol–water partition coefficient (Wildman–Crippen LogP) is 3.18. The summed E-state index contributed by atoms with van der Waals surface area (Å²) in [5, 5.41) is 3.33. The van der Waals surface area contributed by atoms with Gasteiger partial charge < -0.3 is 52.7 Å². The average Bonchev–Trinajstić information content (AvgIpc) is 3.04. The Morgan fingerprint density at radius 2 is 0.864 bits per heavy atom. The Hall–Kier alpha value is -0.930. The smallest absolute Gasteiger partial charge is 0.305 e. The molecule has 12 heteroatoms. The molecule has 0 radical (unpaired) electrons. The van der Waals surface area contributed by atoms with Crippen molar-refractivity contribution < 1.29 is 52.2 Å². The minimum atomic E-state index is -0.140. The Labute approximate surface area is 266 Å². The molecule has 0 atom stereocenters. The molecule has 1 rings (SSSR count). The summed E-state index contributed by atoms with van der Waals surface area (Å²) in [5.74, 6) is -0.140. The molecule has 0 aromatic carbocycles. The monoisotopic (exact) mass is 637 g/mol. The minimum Gasteiger partial charge on any atom is -0.463 e. The van der Waals surface area contributed by atoms with E-state index < -0.39 is 0 Å². The highest BCUT2D eigenvalue weighted by molar-refractivity contribution is 5.69. The number of nitrogens with one attached hydrogen (secondary N) is 1. The molecule has 0 unspecified atom stereocenters. The van der Waals surface area contributed by atoms with Crippen LogP contribution in [0.4, 0.5) is 0 Å². The molecule has 0 bridgehead atoms. The molecular formula is C32H63NO11. The van der Waals surface area contributed by atoms with Gasteiger partial charge in [-0.3, -0.25) is 4.79 Å². The lowest BCUT2D eigenvalue weighted by Gasteiger charge is -2.22. The van der Waals surface area contributed by atoms with Crippen LogP contribution in [0, 0.1) is 0 Å². The number of rotatable bonds is 35. The van der Waals surface area contributed by atoms with Gasteiger partial charge in [0, 0.05) is 6.42 Å². The lowest BCUT2D eigenvalue weighted by molar-refractivity contribution is -0.145. The Morgan fingerprint density at radius 3 is 1.30 bits per heavy atom. The van der Waals surface area contributed by atoms with Gasteiger partial charge in [-0.2, -0.15) is 0 Å². The van der Waals surface area contributed by atoms with E-state index in [4.69, 9.17) is 47.4 Å². The van der Waals surface area contributed by atoms with Gasteiger partial charge in [0.25, 0.3) is 0 Å². The van der Waals surface area contributed by atoms with Crippen molar-refractivity contribution in [2.24, 2.45) is 0 Å². The first-order valence-corrected chi connectivity index (χ1v) is 16.9. The molecule has 0 aromatic rings. The van der Waals surface area contributed by atoms with Crippen molar-refractivity contribution in [2.75, 3.05) is 132 Å². The highest BCUT2D eigenvalue weighted by Gasteiger charge is 2.12. The predicted molar refractivity (Wildman–Crippen MR) is 167 cm³/mol. The van der Waals surface area contributed by atoms with Crippen LogP contribution in [0.2, 0.25) is 0 Å². The lowest BCUT2D eigenvalue weighted by atomic mass is 10.1. The van der Waals surface area contributed by atoms with Gasteiger partial charge in [-0.15, -0.1) is 0 Å². The summed E-state index contributed by atoms with van der Waals surface area (Å²) < 4.78 is 54.8. The first kappa shape index (κ1) is 41.1. The zero-order valence-corrected chi connectivity index (χ0v) is 27.6. The van der Waals surface area contributed by atoms with Crippen LogP contribution < -0.4 is 5.32 Å². The van der Waals surface area contributed by atoms with Gasteiger partial charge in [0.15, 0.2) is 0 Å². The van der Waals surface area contributed by atoms with E-state index in [0.29, 0.717) is 131 Å². The highest BCUT2D eigenvalue weighted by atomic mass is 16.6. The van der Waals surface area contributed by atoms with Crippen LogP contribution in [0.25, 0.3) is 0 Å². The molecule has 1 N–H and O–H groups in total. The van der Waals surface area contributed by atoms with Crippen molar-refractivity contribution in [3.8, 4) is 0 Å². The molecule has 0 saturated carbocycles. The van der Waals surface area contributed by atoms with Crippen molar-refractivity contribution in [2.45, 2.75) is 70.8 Å². The van der Waals surface area contributed by atoms with E-state index >= 15 is 0 Å². The van der Waals surface area contributed by atoms with Crippen molar-refractivity contribution in [1.82, 2.24) is 5.32 Å². The minimum absolute atomic E-state index is 0.140. The Balaban J connectivity index is 1.63. The molecule has 262 valence electrons. The maximum Gasteiger partial charge on any atom is 0.305 e. The summed E-state index contributed by atoms with van der Waals surface area (Å²) in [4.78, 5) is 11.7. The van der Waals surface area contributed by atoms with Crippen LogP contribution in [0.15, 0.2) is 0 Å². The topological polar surface area (TPSA) is 121 Å². The van der Waals surface area contributed by atoms with E-state index in [1.54, 1.807) is 0 Å². The standard InChI is InChI=1S/C32H63NO11/c1-2-3-4-5-6-7-8-32(34)44-30-28-42-26-24-40-22-20-38-18-16-36-14-13-35-15-17-37-19-21-39-23-25-41-27-29-43-31-9-11-33-12-10-31/h31,33H,2-30H2,1H3. The van der Waals surface area contributed by atoms with Crippen molar-refractivity contribution >= 4 is 5.97 Å². The van der Waals surface area contributed by atoms with Gasteiger partial charge in [0.1, 0.15) is 6.61 Å². The fourth-order valence-electron chi connectivity index (χ4n) is 4.21. The van der Waals surface area contributed by atoms with E-state index in [1.807, 2.05) is 0 Å². The number of hydrogen-bond donors (Lipinski definition) is 1. The maximum absolute atomic E-state index is 11.7. The summed E-state index contributed by atoms with van der Waals surface area (Å²) in [5.41, 5.74) is 0. The molecular weight excluding hydrogens is 574 g/mol. The molecule has 44 heavy (non-hydrogen) atoms. The second-order valence-electron chi connectivity index (χ2n) is 10.5. The average molecular weight is 638 g/mol.